The van der Waals surface area contributed by atoms with Crippen molar-refractivity contribution in [3.63, 3.8) is 0 Å². The lowest BCUT2D eigenvalue weighted by Crippen LogP contribution is -2.39. The minimum absolute atomic E-state index is 0.719. The molecule has 0 heterocycles. The van der Waals surface area contributed by atoms with Gasteiger partial charge in [0, 0.05) is 6.04 Å². The molecule has 12 heavy (non-hydrogen) atoms. The third kappa shape index (κ3) is 2.63. The van der Waals surface area contributed by atoms with E-state index in [1.807, 2.05) is 6.08 Å². The molecule has 0 saturated heterocycles. The van der Waals surface area contributed by atoms with Crippen LogP contribution in [0.2, 0.25) is 0 Å². The zero-order valence-corrected chi connectivity index (χ0v) is 8.18. The zero-order valence-electron chi connectivity index (χ0n) is 8.18. The molecule has 0 aliphatic heterocycles. The van der Waals surface area contributed by atoms with E-state index >= 15 is 0 Å². The molecule has 70 valence electrons. The molecule has 1 atom stereocenters. The SMILES string of the molecule is C=CCC(NCCC)C1CCC1. The molecule has 1 fully saturated rings. The van der Waals surface area contributed by atoms with Crippen LogP contribution in [0, 0.1) is 5.92 Å². The lowest BCUT2D eigenvalue weighted by molar-refractivity contribution is 0.230. The van der Waals surface area contributed by atoms with Crippen LogP contribution in [0.25, 0.3) is 0 Å². The summed E-state index contributed by atoms with van der Waals surface area (Å²) < 4.78 is 0. The monoisotopic (exact) mass is 167 g/mol. The molecular weight excluding hydrogens is 146 g/mol. The Kier molecular flexibility index (Phi) is 4.37. The summed E-state index contributed by atoms with van der Waals surface area (Å²) in [5.41, 5.74) is 0. The van der Waals surface area contributed by atoms with Crippen LogP contribution in [0.4, 0.5) is 0 Å². The summed E-state index contributed by atoms with van der Waals surface area (Å²) >= 11 is 0. The van der Waals surface area contributed by atoms with Gasteiger partial charge in [-0.05, 0) is 38.1 Å². The predicted molar refractivity (Wildman–Crippen MR) is 54.2 cm³/mol. The van der Waals surface area contributed by atoms with Crippen molar-refractivity contribution in [1.82, 2.24) is 5.32 Å². The van der Waals surface area contributed by atoms with Gasteiger partial charge in [0.05, 0.1) is 0 Å². The summed E-state index contributed by atoms with van der Waals surface area (Å²) in [7, 11) is 0. The smallest absolute Gasteiger partial charge is 0.0130 e. The summed E-state index contributed by atoms with van der Waals surface area (Å²) in [5, 5.41) is 3.60. The van der Waals surface area contributed by atoms with Crippen molar-refractivity contribution in [2.24, 2.45) is 5.92 Å². The minimum atomic E-state index is 0.719. The van der Waals surface area contributed by atoms with Gasteiger partial charge < -0.3 is 5.32 Å². The number of nitrogens with one attached hydrogen (secondary N) is 1. The third-order valence-electron chi connectivity index (χ3n) is 2.80. The van der Waals surface area contributed by atoms with E-state index in [1.165, 1.54) is 25.7 Å². The summed E-state index contributed by atoms with van der Waals surface area (Å²) in [5.74, 6) is 0.939. The second-order valence-electron chi connectivity index (χ2n) is 3.78. The number of hydrogen-bond donors (Lipinski definition) is 1. The Balaban J connectivity index is 2.21. The number of hydrogen-bond acceptors (Lipinski definition) is 1. The van der Waals surface area contributed by atoms with Gasteiger partial charge in [-0.3, -0.25) is 0 Å². The van der Waals surface area contributed by atoms with Crippen molar-refractivity contribution in [1.29, 1.82) is 0 Å². The summed E-state index contributed by atoms with van der Waals surface area (Å²) in [6.07, 6.45) is 8.72. The first kappa shape index (κ1) is 9.79. The maximum absolute atomic E-state index is 3.81. The molecule has 0 aromatic rings. The van der Waals surface area contributed by atoms with Gasteiger partial charge in [0.25, 0.3) is 0 Å². The molecule has 1 aliphatic rings. The highest BCUT2D eigenvalue weighted by molar-refractivity contribution is 4.87. The van der Waals surface area contributed by atoms with Crippen LogP contribution in [0.3, 0.4) is 0 Å². The average molecular weight is 167 g/mol. The van der Waals surface area contributed by atoms with Crippen LogP contribution in [-0.4, -0.2) is 12.6 Å². The predicted octanol–water partition coefficient (Wildman–Crippen LogP) is 2.73. The maximum Gasteiger partial charge on any atom is 0.0130 e. The molecule has 1 unspecified atom stereocenters. The van der Waals surface area contributed by atoms with Gasteiger partial charge in [0.2, 0.25) is 0 Å². The van der Waals surface area contributed by atoms with Gasteiger partial charge in [-0.25, -0.2) is 0 Å². The van der Waals surface area contributed by atoms with Crippen LogP contribution in [0.1, 0.15) is 39.0 Å². The van der Waals surface area contributed by atoms with E-state index in [4.69, 9.17) is 0 Å². The van der Waals surface area contributed by atoms with Crippen LogP contribution < -0.4 is 5.32 Å². The average Bonchev–Trinajstić information content (AvgIpc) is 1.97. The van der Waals surface area contributed by atoms with Crippen molar-refractivity contribution in [3.05, 3.63) is 12.7 Å². The van der Waals surface area contributed by atoms with Gasteiger partial charge in [-0.15, -0.1) is 6.58 Å². The van der Waals surface area contributed by atoms with E-state index in [9.17, 15) is 0 Å². The normalized spacial score (nSPS) is 20.1. The fourth-order valence-electron chi connectivity index (χ4n) is 1.79. The third-order valence-corrected chi connectivity index (χ3v) is 2.80. The highest BCUT2D eigenvalue weighted by Crippen LogP contribution is 2.30. The Labute approximate surface area is 76.2 Å². The van der Waals surface area contributed by atoms with Crippen LogP contribution in [-0.2, 0) is 0 Å². The van der Waals surface area contributed by atoms with Crippen molar-refractivity contribution >= 4 is 0 Å². The maximum atomic E-state index is 3.81. The van der Waals surface area contributed by atoms with Crippen molar-refractivity contribution < 1.29 is 0 Å². The molecule has 1 rings (SSSR count). The summed E-state index contributed by atoms with van der Waals surface area (Å²) in [6, 6.07) is 0.719. The van der Waals surface area contributed by atoms with E-state index in [-0.39, 0.29) is 0 Å². The van der Waals surface area contributed by atoms with E-state index < -0.39 is 0 Å². The van der Waals surface area contributed by atoms with Crippen molar-refractivity contribution in [2.45, 2.75) is 45.1 Å². The Morgan fingerprint density at radius 3 is 2.75 bits per heavy atom. The highest BCUT2D eigenvalue weighted by atomic mass is 14.9. The lowest BCUT2D eigenvalue weighted by Gasteiger charge is -2.34. The van der Waals surface area contributed by atoms with Gasteiger partial charge in [-0.2, -0.15) is 0 Å². The molecule has 1 nitrogen and oxygen atoms in total. The standard InChI is InChI=1S/C11H21N/c1-3-6-11(12-9-4-2)10-7-5-8-10/h3,10-12H,1,4-9H2,2H3. The highest BCUT2D eigenvalue weighted by Gasteiger charge is 2.25. The van der Waals surface area contributed by atoms with Crippen molar-refractivity contribution in [3.8, 4) is 0 Å². The molecule has 0 bridgehead atoms. The van der Waals surface area contributed by atoms with Crippen LogP contribution in [0.5, 0.6) is 0 Å². The molecule has 1 aliphatic carbocycles. The minimum Gasteiger partial charge on any atom is -0.313 e. The van der Waals surface area contributed by atoms with Crippen LogP contribution >= 0.6 is 0 Å². The summed E-state index contributed by atoms with van der Waals surface area (Å²) in [6.45, 7) is 7.19. The van der Waals surface area contributed by atoms with E-state index in [1.54, 1.807) is 0 Å². The van der Waals surface area contributed by atoms with E-state index in [0.717, 1.165) is 24.9 Å². The van der Waals surface area contributed by atoms with Gasteiger partial charge in [-0.1, -0.05) is 19.4 Å². The molecule has 0 aromatic carbocycles. The second-order valence-corrected chi connectivity index (χ2v) is 3.78. The fraction of sp³-hybridized carbons (Fsp3) is 0.818. The van der Waals surface area contributed by atoms with Gasteiger partial charge >= 0.3 is 0 Å². The largest absolute Gasteiger partial charge is 0.313 e. The van der Waals surface area contributed by atoms with E-state index in [2.05, 4.69) is 18.8 Å². The Hall–Kier alpha value is -0.300. The Morgan fingerprint density at radius 2 is 2.33 bits per heavy atom. The Bertz CT molecular complexity index is 127. The topological polar surface area (TPSA) is 12.0 Å². The first-order valence-electron chi connectivity index (χ1n) is 5.22. The molecule has 0 spiro atoms. The molecular formula is C11H21N. The number of rotatable bonds is 6. The first-order chi connectivity index (χ1) is 5.88. The lowest BCUT2D eigenvalue weighted by atomic mass is 9.78. The molecule has 1 saturated carbocycles. The quantitative estimate of drug-likeness (QED) is 0.600. The fourth-order valence-corrected chi connectivity index (χ4v) is 1.79. The molecule has 0 radical (unpaired) electrons. The van der Waals surface area contributed by atoms with Gasteiger partial charge in [0.1, 0.15) is 0 Å². The second kappa shape index (κ2) is 5.36. The van der Waals surface area contributed by atoms with Gasteiger partial charge in [0.15, 0.2) is 0 Å². The molecule has 0 aromatic heterocycles. The van der Waals surface area contributed by atoms with Crippen LogP contribution in [0.15, 0.2) is 12.7 Å². The molecule has 1 N–H and O–H groups in total. The summed E-state index contributed by atoms with van der Waals surface area (Å²) in [4.78, 5) is 0. The molecule has 0 amide bonds. The van der Waals surface area contributed by atoms with E-state index in [0.29, 0.717) is 0 Å². The zero-order chi connectivity index (χ0) is 8.81. The molecule has 1 heteroatoms. The Morgan fingerprint density at radius 1 is 1.58 bits per heavy atom. The first-order valence-corrected chi connectivity index (χ1v) is 5.22. The van der Waals surface area contributed by atoms with Crippen molar-refractivity contribution in [2.75, 3.05) is 6.54 Å².